The molecular weight excluding hydrogens is 317 g/mol. The van der Waals surface area contributed by atoms with Crippen LogP contribution in [0, 0.1) is 5.82 Å². The van der Waals surface area contributed by atoms with Crippen molar-refractivity contribution in [3.63, 3.8) is 0 Å². The van der Waals surface area contributed by atoms with Gasteiger partial charge < -0.3 is 9.64 Å². The molecule has 132 valence electrons. The second-order valence-electron chi connectivity index (χ2n) is 5.96. The van der Waals surface area contributed by atoms with Gasteiger partial charge in [-0.05, 0) is 61.4 Å². The third kappa shape index (κ3) is 3.60. The van der Waals surface area contributed by atoms with Crippen LogP contribution in [0.3, 0.4) is 0 Å². The lowest BCUT2D eigenvalue weighted by Gasteiger charge is -2.26. The second kappa shape index (κ2) is 7.55. The maximum atomic E-state index is 13.2. The number of anilines is 3. The highest BCUT2D eigenvalue weighted by atomic mass is 19.1. The molecule has 0 radical (unpaired) electrons. The van der Waals surface area contributed by atoms with Crippen LogP contribution < -0.4 is 9.80 Å². The fraction of sp³-hybridized carbons (Fsp3) is 0.350. The summed E-state index contributed by atoms with van der Waals surface area (Å²) in [6, 6.07) is 13.6. The highest BCUT2D eigenvalue weighted by molar-refractivity contribution is 5.93. The first kappa shape index (κ1) is 17.3. The number of benzene rings is 2. The normalized spacial score (nSPS) is 13.4. The smallest absolute Gasteiger partial charge is 0.292 e. The second-order valence-corrected chi connectivity index (χ2v) is 5.96. The third-order valence-electron chi connectivity index (χ3n) is 4.45. The molecule has 0 unspecified atom stereocenters. The molecule has 0 atom stereocenters. The summed E-state index contributed by atoms with van der Waals surface area (Å²) < 4.78 is 18.8. The molecule has 2 aromatic carbocycles. The summed E-state index contributed by atoms with van der Waals surface area (Å²) in [5.41, 5.74) is 4.37. The van der Waals surface area contributed by atoms with Gasteiger partial charge in [-0.15, -0.1) is 0 Å². The van der Waals surface area contributed by atoms with Crippen molar-refractivity contribution in [2.45, 2.75) is 20.3 Å². The van der Waals surface area contributed by atoms with E-state index in [1.807, 2.05) is 7.05 Å². The molecule has 0 spiro atoms. The summed E-state index contributed by atoms with van der Waals surface area (Å²) in [7, 11) is 1.99. The van der Waals surface area contributed by atoms with Crippen LogP contribution in [-0.4, -0.2) is 32.8 Å². The lowest BCUT2D eigenvalue weighted by atomic mass is 10.1. The van der Waals surface area contributed by atoms with Crippen molar-refractivity contribution < 1.29 is 9.13 Å². The van der Waals surface area contributed by atoms with Gasteiger partial charge in [0.25, 0.3) is 6.02 Å². The first-order chi connectivity index (χ1) is 12.1. The molecule has 0 aliphatic carbocycles. The van der Waals surface area contributed by atoms with E-state index >= 15 is 0 Å². The van der Waals surface area contributed by atoms with Gasteiger partial charge in [0.1, 0.15) is 12.4 Å². The standard InChI is InChI=1S/C20H24FN3O/c1-4-15-14-18(23(3)17-8-6-16(21)7-9-17)10-11-19(15)24(5-2)20-22-12-13-25-20/h6-11,14H,4-5,12-13H2,1-3H3. The summed E-state index contributed by atoms with van der Waals surface area (Å²) in [6.45, 7) is 6.42. The molecular formula is C20H24FN3O. The predicted octanol–water partition coefficient (Wildman–Crippen LogP) is 4.37. The molecule has 0 amide bonds. The molecule has 0 saturated heterocycles. The van der Waals surface area contributed by atoms with Crippen molar-refractivity contribution in [2.75, 3.05) is 36.5 Å². The zero-order valence-electron chi connectivity index (χ0n) is 15.0. The van der Waals surface area contributed by atoms with E-state index in [1.165, 1.54) is 17.7 Å². The third-order valence-corrected chi connectivity index (χ3v) is 4.45. The van der Waals surface area contributed by atoms with Crippen LogP contribution in [0.5, 0.6) is 0 Å². The first-order valence-corrected chi connectivity index (χ1v) is 8.71. The van der Waals surface area contributed by atoms with E-state index in [0.717, 1.165) is 36.6 Å². The Morgan fingerprint density at radius 3 is 2.40 bits per heavy atom. The SMILES string of the molecule is CCc1cc(N(C)c2ccc(F)cc2)ccc1N(CC)C1=NCCO1. The summed E-state index contributed by atoms with van der Waals surface area (Å²) >= 11 is 0. The molecule has 1 aliphatic rings. The van der Waals surface area contributed by atoms with Gasteiger partial charge in [0, 0.05) is 30.7 Å². The average Bonchev–Trinajstić information content (AvgIpc) is 3.17. The molecule has 25 heavy (non-hydrogen) atoms. The van der Waals surface area contributed by atoms with Crippen LogP contribution in [0.4, 0.5) is 21.5 Å². The van der Waals surface area contributed by atoms with Crippen molar-refractivity contribution in [2.24, 2.45) is 4.99 Å². The number of hydrogen-bond donors (Lipinski definition) is 0. The van der Waals surface area contributed by atoms with E-state index < -0.39 is 0 Å². The van der Waals surface area contributed by atoms with Crippen LogP contribution in [0.1, 0.15) is 19.4 Å². The molecule has 2 aromatic rings. The predicted molar refractivity (Wildman–Crippen MR) is 102 cm³/mol. The fourth-order valence-electron chi connectivity index (χ4n) is 3.04. The van der Waals surface area contributed by atoms with Gasteiger partial charge in [0.15, 0.2) is 0 Å². The summed E-state index contributed by atoms with van der Waals surface area (Å²) in [4.78, 5) is 8.62. The summed E-state index contributed by atoms with van der Waals surface area (Å²) in [5.74, 6) is -0.224. The number of aryl methyl sites for hydroxylation is 1. The van der Waals surface area contributed by atoms with E-state index in [1.54, 1.807) is 12.1 Å². The molecule has 5 heteroatoms. The van der Waals surface area contributed by atoms with Crippen LogP contribution in [-0.2, 0) is 11.2 Å². The Labute approximate surface area is 148 Å². The van der Waals surface area contributed by atoms with Crippen LogP contribution >= 0.6 is 0 Å². The van der Waals surface area contributed by atoms with Crippen LogP contribution in [0.25, 0.3) is 0 Å². The zero-order chi connectivity index (χ0) is 17.8. The molecule has 0 fully saturated rings. The minimum absolute atomic E-state index is 0.224. The van der Waals surface area contributed by atoms with Gasteiger partial charge in [-0.25, -0.2) is 9.38 Å². The minimum Gasteiger partial charge on any atom is -0.463 e. The molecule has 0 aromatic heterocycles. The molecule has 4 nitrogen and oxygen atoms in total. The first-order valence-electron chi connectivity index (χ1n) is 8.71. The van der Waals surface area contributed by atoms with E-state index in [9.17, 15) is 4.39 Å². The number of aliphatic imine (C=N–C) groups is 1. The Morgan fingerprint density at radius 2 is 1.80 bits per heavy atom. The van der Waals surface area contributed by atoms with Gasteiger partial charge in [-0.1, -0.05) is 6.92 Å². The Bertz CT molecular complexity index is 758. The number of rotatable bonds is 5. The lowest BCUT2D eigenvalue weighted by Crippen LogP contribution is -2.31. The maximum absolute atomic E-state index is 13.2. The van der Waals surface area contributed by atoms with Crippen LogP contribution in [0.15, 0.2) is 47.5 Å². The Morgan fingerprint density at radius 1 is 1.08 bits per heavy atom. The Kier molecular flexibility index (Phi) is 5.22. The Balaban J connectivity index is 1.92. The average molecular weight is 341 g/mol. The molecule has 0 bridgehead atoms. The van der Waals surface area contributed by atoms with Crippen molar-refractivity contribution >= 4 is 23.1 Å². The number of nitrogens with zero attached hydrogens (tertiary/aromatic N) is 3. The van der Waals surface area contributed by atoms with E-state index in [4.69, 9.17) is 4.74 Å². The van der Waals surface area contributed by atoms with Crippen molar-refractivity contribution in [3.05, 3.63) is 53.8 Å². The number of halogens is 1. The minimum atomic E-state index is -0.224. The quantitative estimate of drug-likeness (QED) is 0.808. The molecule has 1 heterocycles. The highest BCUT2D eigenvalue weighted by Gasteiger charge is 2.20. The van der Waals surface area contributed by atoms with Gasteiger partial charge in [-0.2, -0.15) is 0 Å². The highest BCUT2D eigenvalue weighted by Crippen LogP contribution is 2.30. The molecule has 0 saturated carbocycles. The van der Waals surface area contributed by atoms with Gasteiger partial charge >= 0.3 is 0 Å². The fourth-order valence-corrected chi connectivity index (χ4v) is 3.04. The Hall–Kier alpha value is -2.56. The van der Waals surface area contributed by atoms with Crippen molar-refractivity contribution in [1.29, 1.82) is 0 Å². The number of amidine groups is 1. The lowest BCUT2D eigenvalue weighted by molar-refractivity contribution is 0.339. The zero-order valence-corrected chi connectivity index (χ0v) is 15.0. The van der Waals surface area contributed by atoms with E-state index in [0.29, 0.717) is 12.6 Å². The molecule has 1 aliphatic heterocycles. The number of hydrogen-bond acceptors (Lipinski definition) is 4. The monoisotopic (exact) mass is 341 g/mol. The van der Waals surface area contributed by atoms with Gasteiger partial charge in [-0.3, -0.25) is 4.90 Å². The van der Waals surface area contributed by atoms with E-state index in [-0.39, 0.29) is 5.82 Å². The molecule has 0 N–H and O–H groups in total. The largest absolute Gasteiger partial charge is 0.463 e. The summed E-state index contributed by atoms with van der Waals surface area (Å²) in [5, 5.41) is 0. The van der Waals surface area contributed by atoms with Gasteiger partial charge in [0.05, 0.1) is 6.54 Å². The van der Waals surface area contributed by atoms with Crippen molar-refractivity contribution in [3.8, 4) is 0 Å². The van der Waals surface area contributed by atoms with Crippen LogP contribution in [0.2, 0.25) is 0 Å². The topological polar surface area (TPSA) is 28.1 Å². The maximum Gasteiger partial charge on any atom is 0.292 e. The number of ether oxygens (including phenoxy) is 1. The molecule has 3 rings (SSSR count). The summed E-state index contributed by atoms with van der Waals surface area (Å²) in [6.07, 6.45) is 0.907. The van der Waals surface area contributed by atoms with Gasteiger partial charge in [0.2, 0.25) is 0 Å². The van der Waals surface area contributed by atoms with Crippen molar-refractivity contribution in [1.82, 2.24) is 0 Å². The van der Waals surface area contributed by atoms with E-state index in [2.05, 4.69) is 46.8 Å².